The number of carbonyl (C=O) groups is 1. The molecule has 0 spiro atoms. The van der Waals surface area contributed by atoms with E-state index in [0.717, 1.165) is 5.56 Å². The number of aromatic amines is 1. The summed E-state index contributed by atoms with van der Waals surface area (Å²) in [7, 11) is 0. The number of aromatic nitrogens is 3. The molecule has 0 fully saturated rings. The van der Waals surface area contributed by atoms with Gasteiger partial charge < -0.3 is 5.32 Å². The number of nitrogens with zero attached hydrogens (tertiary/aromatic N) is 2. The fourth-order valence-electron chi connectivity index (χ4n) is 1.83. The minimum absolute atomic E-state index is 0.224. The van der Waals surface area contributed by atoms with Gasteiger partial charge in [0, 0.05) is 11.3 Å². The fraction of sp³-hybridized carbons (Fsp3) is 0. The minimum Gasteiger partial charge on any atom is -0.308 e. The van der Waals surface area contributed by atoms with Crippen molar-refractivity contribution in [3.05, 3.63) is 60.7 Å². The van der Waals surface area contributed by atoms with Gasteiger partial charge in [-0.25, -0.2) is 4.79 Å². The lowest BCUT2D eigenvalue weighted by molar-refractivity contribution is 0.262. The van der Waals surface area contributed by atoms with Crippen LogP contribution < -0.4 is 10.6 Å². The van der Waals surface area contributed by atoms with Gasteiger partial charge in [-0.2, -0.15) is 4.98 Å². The van der Waals surface area contributed by atoms with E-state index in [2.05, 4.69) is 25.8 Å². The second-order valence-electron chi connectivity index (χ2n) is 4.32. The summed E-state index contributed by atoms with van der Waals surface area (Å²) in [6, 6.07) is 18.3. The highest BCUT2D eigenvalue weighted by Crippen LogP contribution is 2.15. The molecule has 2 amide bonds. The summed E-state index contributed by atoms with van der Waals surface area (Å²) < 4.78 is 0. The molecule has 0 saturated carbocycles. The number of amides is 2. The molecule has 3 N–H and O–H groups in total. The summed E-state index contributed by atoms with van der Waals surface area (Å²) in [6.07, 6.45) is 0. The van der Waals surface area contributed by atoms with Crippen LogP contribution in [0.25, 0.3) is 11.4 Å². The van der Waals surface area contributed by atoms with Crippen LogP contribution in [-0.2, 0) is 0 Å². The van der Waals surface area contributed by atoms with Gasteiger partial charge >= 0.3 is 6.03 Å². The molecule has 3 aromatic rings. The van der Waals surface area contributed by atoms with Gasteiger partial charge in [0.15, 0.2) is 5.82 Å². The lowest BCUT2D eigenvalue weighted by Crippen LogP contribution is -2.20. The van der Waals surface area contributed by atoms with Gasteiger partial charge in [0.05, 0.1) is 0 Å². The number of H-pyrrole nitrogens is 1. The van der Waals surface area contributed by atoms with Crippen LogP contribution in [0.2, 0.25) is 0 Å². The van der Waals surface area contributed by atoms with Crippen molar-refractivity contribution in [2.24, 2.45) is 0 Å². The molecule has 21 heavy (non-hydrogen) atoms. The number of hydrogen-bond acceptors (Lipinski definition) is 3. The normalized spacial score (nSPS) is 10.1. The third kappa shape index (κ3) is 3.24. The van der Waals surface area contributed by atoms with E-state index >= 15 is 0 Å². The number of urea groups is 1. The summed E-state index contributed by atoms with van der Waals surface area (Å²) in [5, 5.41) is 12.0. The molecular formula is C15H13N5O. The topological polar surface area (TPSA) is 82.7 Å². The maximum absolute atomic E-state index is 11.8. The van der Waals surface area contributed by atoms with Crippen LogP contribution in [-0.4, -0.2) is 21.2 Å². The SMILES string of the molecule is O=C(Nc1ccccc1)Nc1n[nH]c(-c2ccccc2)n1. The zero-order valence-electron chi connectivity index (χ0n) is 11.1. The maximum atomic E-state index is 11.8. The van der Waals surface area contributed by atoms with Crippen molar-refractivity contribution in [3.8, 4) is 11.4 Å². The van der Waals surface area contributed by atoms with E-state index in [0.29, 0.717) is 11.5 Å². The quantitative estimate of drug-likeness (QED) is 0.689. The predicted octanol–water partition coefficient (Wildman–Crippen LogP) is 3.12. The van der Waals surface area contributed by atoms with Gasteiger partial charge in [0.1, 0.15) is 0 Å². The second-order valence-corrected chi connectivity index (χ2v) is 4.32. The van der Waals surface area contributed by atoms with E-state index in [9.17, 15) is 4.79 Å². The Balaban J connectivity index is 1.66. The van der Waals surface area contributed by atoms with Crippen molar-refractivity contribution in [3.63, 3.8) is 0 Å². The highest BCUT2D eigenvalue weighted by molar-refractivity contribution is 5.98. The Morgan fingerprint density at radius 3 is 2.29 bits per heavy atom. The van der Waals surface area contributed by atoms with Gasteiger partial charge in [-0.15, -0.1) is 5.10 Å². The van der Waals surface area contributed by atoms with Crippen LogP contribution in [0.3, 0.4) is 0 Å². The third-order valence-corrected chi connectivity index (χ3v) is 2.79. The highest BCUT2D eigenvalue weighted by atomic mass is 16.2. The van der Waals surface area contributed by atoms with Crippen LogP contribution in [0.4, 0.5) is 16.4 Å². The number of anilines is 2. The van der Waals surface area contributed by atoms with E-state index in [4.69, 9.17) is 0 Å². The molecule has 0 unspecified atom stereocenters. The van der Waals surface area contributed by atoms with Crippen LogP contribution in [0.5, 0.6) is 0 Å². The molecule has 0 aliphatic heterocycles. The van der Waals surface area contributed by atoms with Crippen molar-refractivity contribution >= 4 is 17.7 Å². The van der Waals surface area contributed by atoms with Gasteiger partial charge in [-0.05, 0) is 12.1 Å². The first-order valence-electron chi connectivity index (χ1n) is 6.42. The Morgan fingerprint density at radius 2 is 1.57 bits per heavy atom. The zero-order valence-corrected chi connectivity index (χ0v) is 11.1. The predicted molar refractivity (Wildman–Crippen MR) is 80.9 cm³/mol. The molecule has 6 nitrogen and oxygen atoms in total. The summed E-state index contributed by atoms with van der Waals surface area (Å²) in [4.78, 5) is 16.0. The van der Waals surface area contributed by atoms with Crippen LogP contribution in [0.1, 0.15) is 0 Å². The number of benzene rings is 2. The number of para-hydroxylation sites is 1. The smallest absolute Gasteiger partial charge is 0.308 e. The van der Waals surface area contributed by atoms with Crippen LogP contribution in [0.15, 0.2) is 60.7 Å². The summed E-state index contributed by atoms with van der Waals surface area (Å²) in [5.41, 5.74) is 1.61. The lowest BCUT2D eigenvalue weighted by Gasteiger charge is -2.03. The Labute approximate surface area is 121 Å². The monoisotopic (exact) mass is 279 g/mol. The summed E-state index contributed by atoms with van der Waals surface area (Å²) >= 11 is 0. The summed E-state index contributed by atoms with van der Waals surface area (Å²) in [5.74, 6) is 0.827. The van der Waals surface area contributed by atoms with Crippen LogP contribution in [0, 0.1) is 0 Å². The van der Waals surface area contributed by atoms with Crippen molar-refractivity contribution in [1.82, 2.24) is 15.2 Å². The molecule has 2 aromatic carbocycles. The molecule has 0 aliphatic rings. The molecule has 0 aliphatic carbocycles. The molecule has 3 rings (SSSR count). The molecular weight excluding hydrogens is 266 g/mol. The van der Waals surface area contributed by atoms with Crippen LogP contribution >= 0.6 is 0 Å². The highest BCUT2D eigenvalue weighted by Gasteiger charge is 2.08. The molecule has 6 heteroatoms. The van der Waals surface area contributed by atoms with Crippen molar-refractivity contribution in [1.29, 1.82) is 0 Å². The first-order valence-corrected chi connectivity index (χ1v) is 6.42. The van der Waals surface area contributed by atoms with E-state index in [1.54, 1.807) is 12.1 Å². The molecule has 0 bridgehead atoms. The first kappa shape index (κ1) is 12.9. The molecule has 0 saturated heterocycles. The van der Waals surface area contributed by atoms with Gasteiger partial charge in [-0.3, -0.25) is 10.4 Å². The Morgan fingerprint density at radius 1 is 0.905 bits per heavy atom. The van der Waals surface area contributed by atoms with Gasteiger partial charge in [-0.1, -0.05) is 48.5 Å². The fourth-order valence-corrected chi connectivity index (χ4v) is 1.83. The standard InChI is InChI=1S/C15H13N5O/c21-15(16-12-9-5-2-6-10-12)18-14-17-13(19-20-14)11-7-3-1-4-8-11/h1-10H,(H3,16,17,18,19,20,21). The lowest BCUT2D eigenvalue weighted by atomic mass is 10.2. The molecule has 104 valence electrons. The number of nitrogens with one attached hydrogen (secondary N) is 3. The van der Waals surface area contributed by atoms with Gasteiger partial charge in [0.25, 0.3) is 5.95 Å². The number of carbonyl (C=O) groups excluding carboxylic acids is 1. The summed E-state index contributed by atoms with van der Waals surface area (Å²) in [6.45, 7) is 0. The Bertz CT molecular complexity index is 724. The van der Waals surface area contributed by atoms with E-state index < -0.39 is 0 Å². The van der Waals surface area contributed by atoms with Gasteiger partial charge in [0.2, 0.25) is 0 Å². The zero-order chi connectivity index (χ0) is 14.5. The van der Waals surface area contributed by atoms with E-state index in [1.165, 1.54) is 0 Å². The third-order valence-electron chi connectivity index (χ3n) is 2.79. The number of hydrogen-bond donors (Lipinski definition) is 3. The molecule has 0 atom stereocenters. The average molecular weight is 279 g/mol. The Kier molecular flexibility index (Phi) is 3.60. The van der Waals surface area contributed by atoms with Crippen molar-refractivity contribution in [2.75, 3.05) is 10.6 Å². The second kappa shape index (κ2) is 5.87. The largest absolute Gasteiger partial charge is 0.326 e. The van der Waals surface area contributed by atoms with E-state index in [1.807, 2.05) is 48.5 Å². The first-order chi connectivity index (χ1) is 10.3. The Hall–Kier alpha value is -3.15. The van der Waals surface area contributed by atoms with E-state index in [-0.39, 0.29) is 12.0 Å². The van der Waals surface area contributed by atoms with Crippen molar-refractivity contribution < 1.29 is 4.79 Å². The maximum Gasteiger partial charge on any atom is 0.326 e. The molecule has 1 heterocycles. The molecule has 1 aromatic heterocycles. The number of rotatable bonds is 3. The average Bonchev–Trinajstić information content (AvgIpc) is 2.97. The minimum atomic E-state index is -0.389. The van der Waals surface area contributed by atoms with Crippen molar-refractivity contribution in [2.45, 2.75) is 0 Å². The molecule has 0 radical (unpaired) electrons.